The Morgan fingerprint density at radius 1 is 1.31 bits per heavy atom. The molecule has 0 saturated carbocycles. The van der Waals surface area contributed by atoms with Crippen molar-refractivity contribution < 1.29 is 0 Å². The first-order chi connectivity index (χ1) is 7.79. The topological polar surface area (TPSA) is 15.3 Å². The van der Waals surface area contributed by atoms with Crippen molar-refractivity contribution in [2.75, 3.05) is 19.6 Å². The highest BCUT2D eigenvalue weighted by molar-refractivity contribution is 4.81. The number of rotatable bonds is 7. The molecule has 2 atom stereocenters. The highest BCUT2D eigenvalue weighted by Gasteiger charge is 2.23. The maximum atomic E-state index is 3.54. The molecule has 0 bridgehead atoms. The summed E-state index contributed by atoms with van der Waals surface area (Å²) in [4.78, 5) is 2.75. The van der Waals surface area contributed by atoms with Crippen LogP contribution in [0.3, 0.4) is 0 Å². The van der Waals surface area contributed by atoms with E-state index < -0.39 is 0 Å². The molecule has 1 fully saturated rings. The van der Waals surface area contributed by atoms with Crippen LogP contribution in [-0.4, -0.2) is 36.6 Å². The van der Waals surface area contributed by atoms with E-state index in [2.05, 4.69) is 31.0 Å². The minimum absolute atomic E-state index is 0.768. The number of unbranched alkanes of at least 4 members (excludes halogenated alkanes) is 1. The van der Waals surface area contributed by atoms with E-state index in [4.69, 9.17) is 0 Å². The van der Waals surface area contributed by atoms with E-state index in [0.29, 0.717) is 0 Å². The molecule has 1 N–H and O–H groups in total. The van der Waals surface area contributed by atoms with Gasteiger partial charge >= 0.3 is 0 Å². The van der Waals surface area contributed by atoms with E-state index >= 15 is 0 Å². The van der Waals surface area contributed by atoms with Crippen molar-refractivity contribution in [1.82, 2.24) is 10.2 Å². The summed E-state index contributed by atoms with van der Waals surface area (Å²) < 4.78 is 0. The fourth-order valence-corrected chi connectivity index (χ4v) is 2.80. The second-order valence-electron chi connectivity index (χ2n) is 5.23. The molecule has 1 heterocycles. The molecule has 1 saturated heterocycles. The Morgan fingerprint density at radius 2 is 2.12 bits per heavy atom. The maximum absolute atomic E-state index is 3.54. The van der Waals surface area contributed by atoms with Crippen LogP contribution in [0.5, 0.6) is 0 Å². The molecule has 1 aliphatic rings. The molecule has 0 aliphatic carbocycles. The molecule has 0 aromatic carbocycles. The van der Waals surface area contributed by atoms with Crippen LogP contribution >= 0.6 is 0 Å². The molecule has 0 spiro atoms. The van der Waals surface area contributed by atoms with E-state index in [9.17, 15) is 0 Å². The van der Waals surface area contributed by atoms with Gasteiger partial charge in [-0.15, -0.1) is 0 Å². The molecular formula is C14H30N2. The first-order valence-electron chi connectivity index (χ1n) is 7.26. The van der Waals surface area contributed by atoms with Crippen molar-refractivity contribution in [1.29, 1.82) is 0 Å². The summed E-state index contributed by atoms with van der Waals surface area (Å²) in [5.41, 5.74) is 0. The van der Waals surface area contributed by atoms with Crippen molar-refractivity contribution in [2.24, 2.45) is 0 Å². The van der Waals surface area contributed by atoms with E-state index in [1.165, 1.54) is 58.2 Å². The van der Waals surface area contributed by atoms with Gasteiger partial charge in [-0.25, -0.2) is 0 Å². The smallest absolute Gasteiger partial charge is 0.0223 e. The fraction of sp³-hybridized carbons (Fsp3) is 1.00. The predicted molar refractivity (Wildman–Crippen MR) is 71.9 cm³/mol. The van der Waals surface area contributed by atoms with Crippen LogP contribution in [0.25, 0.3) is 0 Å². The van der Waals surface area contributed by atoms with Gasteiger partial charge in [0, 0.05) is 18.6 Å². The molecule has 1 aliphatic heterocycles. The number of hydrogen-bond acceptors (Lipinski definition) is 2. The first kappa shape index (κ1) is 14.0. The van der Waals surface area contributed by atoms with Crippen LogP contribution in [0.4, 0.5) is 0 Å². The molecule has 1 rings (SSSR count). The van der Waals surface area contributed by atoms with Crippen LogP contribution in [0, 0.1) is 0 Å². The van der Waals surface area contributed by atoms with Gasteiger partial charge in [0.05, 0.1) is 0 Å². The summed E-state index contributed by atoms with van der Waals surface area (Å²) >= 11 is 0. The van der Waals surface area contributed by atoms with Crippen LogP contribution in [0.2, 0.25) is 0 Å². The van der Waals surface area contributed by atoms with Gasteiger partial charge in [0.2, 0.25) is 0 Å². The first-order valence-corrected chi connectivity index (χ1v) is 7.26. The average molecular weight is 226 g/mol. The highest BCUT2D eigenvalue weighted by Crippen LogP contribution is 2.17. The minimum atomic E-state index is 0.768. The van der Waals surface area contributed by atoms with Gasteiger partial charge in [0.15, 0.2) is 0 Å². The lowest BCUT2D eigenvalue weighted by Gasteiger charge is -2.38. The second kappa shape index (κ2) is 8.08. The zero-order chi connectivity index (χ0) is 11.8. The Balaban J connectivity index is 2.43. The lowest BCUT2D eigenvalue weighted by atomic mass is 10.0. The summed E-state index contributed by atoms with van der Waals surface area (Å²) in [6.07, 6.45) is 8.10. The van der Waals surface area contributed by atoms with Crippen molar-refractivity contribution >= 4 is 0 Å². The normalized spacial score (nSPS) is 23.6. The van der Waals surface area contributed by atoms with E-state index in [1.807, 2.05) is 0 Å². The molecule has 96 valence electrons. The Bertz CT molecular complexity index is 164. The Kier molecular flexibility index (Phi) is 7.06. The molecule has 16 heavy (non-hydrogen) atoms. The van der Waals surface area contributed by atoms with E-state index in [-0.39, 0.29) is 0 Å². The zero-order valence-electron chi connectivity index (χ0n) is 11.5. The van der Waals surface area contributed by atoms with Crippen molar-refractivity contribution in [3.8, 4) is 0 Å². The third-order valence-electron chi connectivity index (χ3n) is 3.76. The average Bonchev–Trinajstić information content (AvgIpc) is 2.34. The Labute approximate surface area is 102 Å². The predicted octanol–water partition coefficient (Wildman–Crippen LogP) is 3.03. The summed E-state index contributed by atoms with van der Waals surface area (Å²) in [7, 11) is 0. The SMILES string of the molecule is CCCCC(C)N(CCC)C1CCCNC1. The van der Waals surface area contributed by atoms with Gasteiger partial charge in [0.1, 0.15) is 0 Å². The maximum Gasteiger partial charge on any atom is 0.0223 e. The number of nitrogens with one attached hydrogen (secondary N) is 1. The second-order valence-corrected chi connectivity index (χ2v) is 5.23. The highest BCUT2D eigenvalue weighted by atomic mass is 15.2. The van der Waals surface area contributed by atoms with Gasteiger partial charge < -0.3 is 5.32 Å². The standard InChI is InChI=1S/C14H30N2/c1-4-6-8-13(3)16(11-5-2)14-9-7-10-15-12-14/h13-15H,4-12H2,1-3H3. The van der Waals surface area contributed by atoms with E-state index in [0.717, 1.165) is 12.1 Å². The van der Waals surface area contributed by atoms with Gasteiger partial charge in [-0.05, 0) is 45.7 Å². The molecule has 2 heteroatoms. The molecule has 0 amide bonds. The Morgan fingerprint density at radius 3 is 2.69 bits per heavy atom. The summed E-state index contributed by atoms with van der Waals surface area (Å²) in [5, 5.41) is 3.54. The van der Waals surface area contributed by atoms with Gasteiger partial charge in [-0.2, -0.15) is 0 Å². The van der Waals surface area contributed by atoms with Crippen LogP contribution < -0.4 is 5.32 Å². The van der Waals surface area contributed by atoms with E-state index in [1.54, 1.807) is 0 Å². The van der Waals surface area contributed by atoms with Gasteiger partial charge in [-0.1, -0.05) is 26.7 Å². The third kappa shape index (κ3) is 4.42. The van der Waals surface area contributed by atoms with Gasteiger partial charge in [-0.3, -0.25) is 4.90 Å². The molecule has 2 unspecified atom stereocenters. The van der Waals surface area contributed by atoms with Crippen LogP contribution in [0.15, 0.2) is 0 Å². The van der Waals surface area contributed by atoms with Crippen LogP contribution in [-0.2, 0) is 0 Å². The monoisotopic (exact) mass is 226 g/mol. The summed E-state index contributed by atoms with van der Waals surface area (Å²) in [6, 6.07) is 1.56. The molecule has 0 radical (unpaired) electrons. The third-order valence-corrected chi connectivity index (χ3v) is 3.76. The van der Waals surface area contributed by atoms with Gasteiger partial charge in [0.25, 0.3) is 0 Å². The van der Waals surface area contributed by atoms with Crippen molar-refractivity contribution in [3.05, 3.63) is 0 Å². The zero-order valence-corrected chi connectivity index (χ0v) is 11.5. The largest absolute Gasteiger partial charge is 0.315 e. The molecular weight excluding hydrogens is 196 g/mol. The molecule has 0 aromatic heterocycles. The summed E-state index contributed by atoms with van der Waals surface area (Å²) in [5.74, 6) is 0. The fourth-order valence-electron chi connectivity index (χ4n) is 2.80. The molecule has 0 aromatic rings. The Hall–Kier alpha value is -0.0800. The number of nitrogens with zero attached hydrogens (tertiary/aromatic N) is 1. The number of hydrogen-bond donors (Lipinski definition) is 1. The lowest BCUT2D eigenvalue weighted by Crippen LogP contribution is -2.49. The number of piperidine rings is 1. The minimum Gasteiger partial charge on any atom is -0.315 e. The van der Waals surface area contributed by atoms with Crippen molar-refractivity contribution in [2.45, 2.75) is 71.4 Å². The summed E-state index contributed by atoms with van der Waals surface area (Å²) in [6.45, 7) is 10.7. The quantitative estimate of drug-likeness (QED) is 0.718. The lowest BCUT2D eigenvalue weighted by molar-refractivity contribution is 0.114. The van der Waals surface area contributed by atoms with Crippen LogP contribution in [0.1, 0.15) is 59.3 Å². The molecule has 2 nitrogen and oxygen atoms in total. The van der Waals surface area contributed by atoms with Crippen molar-refractivity contribution in [3.63, 3.8) is 0 Å².